The van der Waals surface area contributed by atoms with Gasteiger partial charge in [0, 0.05) is 24.1 Å². The maximum Gasteiger partial charge on any atom is 0.162 e. The van der Waals surface area contributed by atoms with E-state index in [1.165, 1.54) is 19.3 Å². The van der Waals surface area contributed by atoms with Crippen LogP contribution in [0.2, 0.25) is 0 Å². The fraction of sp³-hybridized carbons (Fsp3) is 0.588. The van der Waals surface area contributed by atoms with Gasteiger partial charge >= 0.3 is 0 Å². The Kier molecular flexibility index (Phi) is 5.15. The summed E-state index contributed by atoms with van der Waals surface area (Å²) in [5, 5.41) is 0. The molecule has 1 aliphatic heterocycles. The Morgan fingerprint density at radius 3 is 2.42 bits per heavy atom. The van der Waals surface area contributed by atoms with Crippen LogP contribution < -0.4 is 0 Å². The van der Waals surface area contributed by atoms with E-state index >= 15 is 0 Å². The van der Waals surface area contributed by atoms with Crippen molar-refractivity contribution in [1.29, 1.82) is 0 Å². The molecular weight excluding hydrogens is 234 g/mol. The lowest BCUT2D eigenvalue weighted by atomic mass is 9.97. The van der Waals surface area contributed by atoms with Crippen LogP contribution in [0.5, 0.6) is 0 Å². The average molecular weight is 259 g/mol. The zero-order valence-electron chi connectivity index (χ0n) is 12.1. The van der Waals surface area contributed by atoms with Crippen molar-refractivity contribution < 1.29 is 4.79 Å². The number of benzene rings is 1. The van der Waals surface area contributed by atoms with Crippen molar-refractivity contribution in [3.05, 3.63) is 35.9 Å². The van der Waals surface area contributed by atoms with Gasteiger partial charge in [-0.2, -0.15) is 0 Å². The number of carbonyl (C=O) groups excluding carboxylic acids is 1. The lowest BCUT2D eigenvalue weighted by Gasteiger charge is -2.39. The first-order valence-electron chi connectivity index (χ1n) is 7.52. The molecule has 2 unspecified atom stereocenters. The highest BCUT2D eigenvalue weighted by Crippen LogP contribution is 2.22. The standard InChI is InChI=1S/C17H25NO/c1-14-8-6-9-15(2)18(14)13-7-12-17(19)16-10-4-3-5-11-16/h3-5,10-11,14-15H,6-9,12-13H2,1-2H3. The molecule has 1 aliphatic rings. The Labute approximate surface area is 116 Å². The minimum Gasteiger partial charge on any atom is -0.298 e. The van der Waals surface area contributed by atoms with Crippen LogP contribution in [0, 0.1) is 0 Å². The van der Waals surface area contributed by atoms with Crippen LogP contribution in [0.15, 0.2) is 30.3 Å². The number of ketones is 1. The van der Waals surface area contributed by atoms with Crippen LogP contribution in [0.25, 0.3) is 0 Å². The smallest absolute Gasteiger partial charge is 0.162 e. The van der Waals surface area contributed by atoms with E-state index in [1.807, 2.05) is 30.3 Å². The molecule has 1 aromatic carbocycles. The summed E-state index contributed by atoms with van der Waals surface area (Å²) >= 11 is 0. The normalized spacial score (nSPS) is 24.3. The van der Waals surface area contributed by atoms with Gasteiger partial charge in [-0.3, -0.25) is 9.69 Å². The van der Waals surface area contributed by atoms with Crippen LogP contribution in [0.3, 0.4) is 0 Å². The van der Waals surface area contributed by atoms with Gasteiger partial charge in [0.15, 0.2) is 5.78 Å². The molecule has 1 aromatic rings. The number of hydrogen-bond acceptors (Lipinski definition) is 2. The van der Waals surface area contributed by atoms with Crippen molar-refractivity contribution in [2.45, 2.75) is 58.0 Å². The number of likely N-dealkylation sites (tertiary alicyclic amines) is 1. The first-order valence-corrected chi connectivity index (χ1v) is 7.52. The van der Waals surface area contributed by atoms with Gasteiger partial charge in [-0.15, -0.1) is 0 Å². The second-order valence-electron chi connectivity index (χ2n) is 5.76. The maximum atomic E-state index is 12.0. The van der Waals surface area contributed by atoms with Crippen LogP contribution in [-0.4, -0.2) is 29.3 Å². The lowest BCUT2D eigenvalue weighted by molar-refractivity contribution is 0.0901. The molecular formula is C17H25NO. The second kappa shape index (κ2) is 6.85. The van der Waals surface area contributed by atoms with Gasteiger partial charge in [0.05, 0.1) is 0 Å². The van der Waals surface area contributed by atoms with E-state index < -0.39 is 0 Å². The van der Waals surface area contributed by atoms with Gasteiger partial charge in [-0.1, -0.05) is 36.8 Å². The van der Waals surface area contributed by atoms with Crippen molar-refractivity contribution in [3.63, 3.8) is 0 Å². The molecule has 2 atom stereocenters. The van der Waals surface area contributed by atoms with E-state index in [4.69, 9.17) is 0 Å². The molecule has 2 heteroatoms. The summed E-state index contributed by atoms with van der Waals surface area (Å²) in [5.41, 5.74) is 0.849. The van der Waals surface area contributed by atoms with Crippen molar-refractivity contribution in [1.82, 2.24) is 4.90 Å². The van der Waals surface area contributed by atoms with Crippen molar-refractivity contribution >= 4 is 5.78 Å². The summed E-state index contributed by atoms with van der Waals surface area (Å²) in [6, 6.07) is 11.0. The third-order valence-electron chi connectivity index (χ3n) is 4.29. The monoisotopic (exact) mass is 259 g/mol. The van der Waals surface area contributed by atoms with Gasteiger partial charge in [-0.25, -0.2) is 0 Å². The largest absolute Gasteiger partial charge is 0.298 e. The summed E-state index contributed by atoms with van der Waals surface area (Å²) in [6.45, 7) is 5.68. The fourth-order valence-corrected chi connectivity index (χ4v) is 3.11. The highest BCUT2D eigenvalue weighted by Gasteiger charge is 2.23. The Hall–Kier alpha value is -1.15. The second-order valence-corrected chi connectivity index (χ2v) is 5.76. The molecule has 0 aliphatic carbocycles. The molecule has 0 bridgehead atoms. The molecule has 2 rings (SSSR count). The van der Waals surface area contributed by atoms with Crippen molar-refractivity contribution in [3.8, 4) is 0 Å². The number of nitrogens with zero attached hydrogens (tertiary/aromatic N) is 1. The molecule has 104 valence electrons. The van der Waals surface area contributed by atoms with Crippen LogP contribution >= 0.6 is 0 Å². The van der Waals surface area contributed by atoms with E-state index in [0.717, 1.165) is 18.5 Å². The maximum absolute atomic E-state index is 12.0. The molecule has 0 spiro atoms. The molecule has 1 fully saturated rings. The quantitative estimate of drug-likeness (QED) is 0.747. The molecule has 0 amide bonds. The first kappa shape index (κ1) is 14.3. The van der Waals surface area contributed by atoms with E-state index in [-0.39, 0.29) is 5.78 Å². The van der Waals surface area contributed by atoms with E-state index in [9.17, 15) is 4.79 Å². The topological polar surface area (TPSA) is 20.3 Å². The molecule has 0 saturated carbocycles. The first-order chi connectivity index (χ1) is 9.18. The minimum atomic E-state index is 0.276. The zero-order valence-corrected chi connectivity index (χ0v) is 12.1. The van der Waals surface area contributed by atoms with E-state index in [2.05, 4.69) is 18.7 Å². The summed E-state index contributed by atoms with van der Waals surface area (Å²) in [7, 11) is 0. The minimum absolute atomic E-state index is 0.276. The Morgan fingerprint density at radius 1 is 1.16 bits per heavy atom. The van der Waals surface area contributed by atoms with Crippen molar-refractivity contribution in [2.75, 3.05) is 6.54 Å². The number of hydrogen-bond donors (Lipinski definition) is 0. The highest BCUT2D eigenvalue weighted by molar-refractivity contribution is 5.95. The summed E-state index contributed by atoms with van der Waals surface area (Å²) in [5.74, 6) is 0.276. The molecule has 19 heavy (non-hydrogen) atoms. The predicted molar refractivity (Wildman–Crippen MR) is 79.5 cm³/mol. The van der Waals surface area contributed by atoms with Crippen LogP contribution in [0.1, 0.15) is 56.3 Å². The number of piperidine rings is 1. The zero-order chi connectivity index (χ0) is 13.7. The summed E-state index contributed by atoms with van der Waals surface area (Å²) < 4.78 is 0. The fourth-order valence-electron chi connectivity index (χ4n) is 3.11. The highest BCUT2D eigenvalue weighted by atomic mass is 16.1. The van der Waals surface area contributed by atoms with Crippen LogP contribution in [-0.2, 0) is 0 Å². The SMILES string of the molecule is CC1CCCC(C)N1CCCC(=O)c1ccccc1. The Bertz CT molecular complexity index is 391. The van der Waals surface area contributed by atoms with E-state index in [1.54, 1.807) is 0 Å². The van der Waals surface area contributed by atoms with Crippen molar-refractivity contribution in [2.24, 2.45) is 0 Å². The summed E-state index contributed by atoms with van der Waals surface area (Å²) in [6.07, 6.45) is 5.60. The van der Waals surface area contributed by atoms with Gasteiger partial charge in [-0.05, 0) is 39.7 Å². The van der Waals surface area contributed by atoms with Gasteiger partial charge in [0.25, 0.3) is 0 Å². The number of rotatable bonds is 5. The molecule has 1 heterocycles. The van der Waals surface area contributed by atoms with Gasteiger partial charge in [0.1, 0.15) is 0 Å². The molecule has 1 saturated heterocycles. The average Bonchev–Trinajstić information content (AvgIpc) is 2.43. The van der Waals surface area contributed by atoms with Gasteiger partial charge in [0.2, 0.25) is 0 Å². The molecule has 2 nitrogen and oxygen atoms in total. The Morgan fingerprint density at radius 2 is 1.79 bits per heavy atom. The lowest BCUT2D eigenvalue weighted by Crippen LogP contribution is -2.44. The van der Waals surface area contributed by atoms with Crippen LogP contribution in [0.4, 0.5) is 0 Å². The van der Waals surface area contributed by atoms with Gasteiger partial charge < -0.3 is 0 Å². The molecule has 0 N–H and O–H groups in total. The third-order valence-corrected chi connectivity index (χ3v) is 4.29. The molecule has 0 radical (unpaired) electrons. The Balaban J connectivity index is 1.78. The molecule has 0 aromatic heterocycles. The van der Waals surface area contributed by atoms with E-state index in [0.29, 0.717) is 18.5 Å². The summed E-state index contributed by atoms with van der Waals surface area (Å²) in [4.78, 5) is 14.6. The predicted octanol–water partition coefficient (Wildman–Crippen LogP) is 3.91. The third kappa shape index (κ3) is 3.90. The number of Topliss-reactive ketones (excluding diaryl/α,β-unsaturated/α-hetero) is 1. The number of carbonyl (C=O) groups is 1.